The predicted molar refractivity (Wildman–Crippen MR) is 157 cm³/mol. The molecule has 1 aliphatic heterocycles. The lowest BCUT2D eigenvalue weighted by molar-refractivity contribution is -0.116. The van der Waals surface area contributed by atoms with Crippen molar-refractivity contribution in [1.82, 2.24) is 19.8 Å². The van der Waals surface area contributed by atoms with Gasteiger partial charge in [-0.25, -0.2) is 0 Å². The van der Waals surface area contributed by atoms with Gasteiger partial charge in [-0.1, -0.05) is 36.4 Å². The highest BCUT2D eigenvalue weighted by molar-refractivity contribution is 7.80. The quantitative estimate of drug-likeness (QED) is 0.286. The third-order valence-electron chi connectivity index (χ3n) is 7.25. The number of pyridine rings is 1. The highest BCUT2D eigenvalue weighted by atomic mass is 32.1. The summed E-state index contributed by atoms with van der Waals surface area (Å²) in [6, 6.07) is 24.3. The molecule has 0 saturated carbocycles. The van der Waals surface area contributed by atoms with Crippen LogP contribution in [0.15, 0.2) is 79.0 Å². The van der Waals surface area contributed by atoms with Gasteiger partial charge >= 0.3 is 0 Å². The second-order valence-electron chi connectivity index (χ2n) is 9.93. The van der Waals surface area contributed by atoms with E-state index in [9.17, 15) is 4.79 Å². The highest BCUT2D eigenvalue weighted by Crippen LogP contribution is 2.41. The molecule has 1 aliphatic rings. The van der Waals surface area contributed by atoms with Gasteiger partial charge in [0.25, 0.3) is 0 Å². The molecule has 38 heavy (non-hydrogen) atoms. The Kier molecular flexibility index (Phi) is 7.29. The molecule has 2 aromatic heterocycles. The third kappa shape index (κ3) is 5.07. The maximum Gasteiger partial charge on any atom is 0.226 e. The van der Waals surface area contributed by atoms with Gasteiger partial charge < -0.3 is 20.1 Å². The van der Waals surface area contributed by atoms with Gasteiger partial charge in [0.05, 0.1) is 17.8 Å². The maximum absolute atomic E-state index is 12.9. The monoisotopic (exact) mass is 523 g/mol. The fraction of sp³-hybridized carbons (Fsp3) is 0.258. The highest BCUT2D eigenvalue weighted by Gasteiger charge is 2.41. The van der Waals surface area contributed by atoms with Crippen molar-refractivity contribution in [1.29, 1.82) is 0 Å². The fourth-order valence-electron chi connectivity index (χ4n) is 5.38. The molecule has 1 saturated heterocycles. The van der Waals surface area contributed by atoms with Crippen LogP contribution in [-0.2, 0) is 4.79 Å². The van der Waals surface area contributed by atoms with Crippen LogP contribution in [0.2, 0.25) is 0 Å². The van der Waals surface area contributed by atoms with Gasteiger partial charge in [-0.05, 0) is 93.0 Å². The topological polar surface area (TPSA) is 62.2 Å². The van der Waals surface area contributed by atoms with Crippen molar-refractivity contribution < 1.29 is 4.79 Å². The van der Waals surface area contributed by atoms with Gasteiger partial charge in [0, 0.05) is 41.9 Å². The molecule has 5 rings (SSSR count). The van der Waals surface area contributed by atoms with E-state index in [0.717, 1.165) is 34.0 Å². The van der Waals surface area contributed by atoms with E-state index in [2.05, 4.69) is 76.2 Å². The summed E-state index contributed by atoms with van der Waals surface area (Å²) in [6.45, 7) is 8.89. The van der Waals surface area contributed by atoms with E-state index in [1.165, 1.54) is 11.1 Å². The van der Waals surface area contributed by atoms with Gasteiger partial charge in [0.1, 0.15) is 0 Å². The maximum atomic E-state index is 12.9. The first kappa shape index (κ1) is 25.7. The Balaban J connectivity index is 1.48. The van der Waals surface area contributed by atoms with E-state index in [4.69, 9.17) is 12.2 Å². The molecule has 0 radical (unpaired) electrons. The zero-order valence-corrected chi connectivity index (χ0v) is 23.0. The molecule has 0 aliphatic carbocycles. The van der Waals surface area contributed by atoms with Crippen molar-refractivity contribution in [2.45, 2.75) is 46.2 Å². The summed E-state index contributed by atoms with van der Waals surface area (Å²) in [5.74, 6) is -0.0348. The van der Waals surface area contributed by atoms with E-state index >= 15 is 0 Å². The van der Waals surface area contributed by atoms with Crippen molar-refractivity contribution in [3.8, 4) is 5.69 Å². The number of para-hydroxylation sites is 1. The normalized spacial score (nSPS) is 16.9. The summed E-state index contributed by atoms with van der Waals surface area (Å²) < 4.78 is 2.29. The lowest BCUT2D eigenvalue weighted by atomic mass is 9.96. The first-order valence-corrected chi connectivity index (χ1v) is 13.3. The van der Waals surface area contributed by atoms with E-state index in [1.807, 2.05) is 55.6 Å². The summed E-state index contributed by atoms with van der Waals surface area (Å²) in [5, 5.41) is 7.20. The van der Waals surface area contributed by atoms with Crippen molar-refractivity contribution in [3.63, 3.8) is 0 Å². The lowest BCUT2D eigenvalue weighted by Gasteiger charge is -2.28. The first-order valence-electron chi connectivity index (χ1n) is 12.9. The number of aromatic nitrogens is 2. The van der Waals surface area contributed by atoms with Gasteiger partial charge in [0.15, 0.2) is 5.11 Å². The standard InChI is InChI=1S/C31H33N5OS/c1-20-10-9-12-24(18-20)36-22(3)19-25(23(36)4)30-29(27-14-7-8-16-32-27)34-31(38)35(30)17-15-28(37)33-26-13-6-5-11-21(26)2/h5-14,16,18-19,29-30H,15,17H2,1-4H3,(H,33,37)(H,34,38)/t29-,30+/m0/s1. The summed E-state index contributed by atoms with van der Waals surface area (Å²) >= 11 is 5.84. The van der Waals surface area contributed by atoms with E-state index in [0.29, 0.717) is 18.1 Å². The fourth-order valence-corrected chi connectivity index (χ4v) is 5.72. The van der Waals surface area contributed by atoms with Crippen LogP contribution in [0.3, 0.4) is 0 Å². The minimum absolute atomic E-state index is 0.0348. The molecule has 4 aromatic rings. The van der Waals surface area contributed by atoms with E-state index in [1.54, 1.807) is 0 Å². The minimum atomic E-state index is -0.130. The molecule has 1 fully saturated rings. The number of anilines is 1. The van der Waals surface area contributed by atoms with Gasteiger partial charge in [-0.2, -0.15) is 0 Å². The number of carbonyl (C=O) groups is 1. The second-order valence-corrected chi connectivity index (χ2v) is 10.3. The number of amides is 1. The summed E-state index contributed by atoms with van der Waals surface area (Å²) in [7, 11) is 0. The minimum Gasteiger partial charge on any atom is -0.352 e. The molecule has 3 heterocycles. The van der Waals surface area contributed by atoms with Crippen LogP contribution in [0.4, 0.5) is 5.69 Å². The third-order valence-corrected chi connectivity index (χ3v) is 7.60. The molecule has 0 bridgehead atoms. The number of aryl methyl sites for hydroxylation is 3. The lowest BCUT2D eigenvalue weighted by Crippen LogP contribution is -2.33. The zero-order chi connectivity index (χ0) is 26.8. The molecule has 0 spiro atoms. The zero-order valence-electron chi connectivity index (χ0n) is 22.2. The Bertz CT molecular complexity index is 1480. The van der Waals surface area contributed by atoms with Crippen LogP contribution in [0.5, 0.6) is 0 Å². The van der Waals surface area contributed by atoms with Crippen molar-refractivity contribution >= 4 is 28.9 Å². The van der Waals surface area contributed by atoms with Gasteiger partial charge in [-0.3, -0.25) is 9.78 Å². The number of nitrogens with zero attached hydrogens (tertiary/aromatic N) is 3. The Labute approximate surface area is 229 Å². The smallest absolute Gasteiger partial charge is 0.226 e. The Morgan fingerprint density at radius 2 is 1.79 bits per heavy atom. The number of nitrogens with one attached hydrogen (secondary N) is 2. The Morgan fingerprint density at radius 1 is 1.00 bits per heavy atom. The van der Waals surface area contributed by atoms with Crippen LogP contribution >= 0.6 is 12.2 Å². The summed E-state index contributed by atoms with van der Waals surface area (Å²) in [6.07, 6.45) is 2.13. The van der Waals surface area contributed by atoms with Gasteiger partial charge in [0.2, 0.25) is 5.91 Å². The first-order chi connectivity index (χ1) is 18.3. The molecule has 2 atom stereocenters. The average molecular weight is 524 g/mol. The van der Waals surface area contributed by atoms with Crippen molar-refractivity contribution in [3.05, 3.63) is 113 Å². The number of rotatable bonds is 7. The summed E-state index contributed by atoms with van der Waals surface area (Å²) in [5.41, 5.74) is 8.63. The molecule has 2 aromatic carbocycles. The van der Waals surface area contributed by atoms with Crippen LogP contribution in [-0.4, -0.2) is 32.0 Å². The SMILES string of the molecule is Cc1cccc(-n2c(C)cc([C@@H]3[C@H](c4ccccn4)NC(=S)N3CCC(=O)Nc3ccccc3C)c2C)c1. The molecule has 6 nitrogen and oxygen atoms in total. The number of hydrogen-bond donors (Lipinski definition) is 2. The summed E-state index contributed by atoms with van der Waals surface area (Å²) in [4.78, 5) is 19.8. The second kappa shape index (κ2) is 10.8. The molecular formula is C31H33N5OS. The number of hydrogen-bond acceptors (Lipinski definition) is 3. The largest absolute Gasteiger partial charge is 0.352 e. The van der Waals surface area contributed by atoms with E-state index < -0.39 is 0 Å². The number of carbonyl (C=O) groups excluding carboxylic acids is 1. The van der Waals surface area contributed by atoms with Crippen LogP contribution in [0, 0.1) is 27.7 Å². The number of benzene rings is 2. The van der Waals surface area contributed by atoms with Crippen LogP contribution in [0.25, 0.3) is 5.69 Å². The Hall–Kier alpha value is -3.97. The van der Waals surface area contributed by atoms with E-state index in [-0.39, 0.29) is 18.0 Å². The molecule has 2 N–H and O–H groups in total. The molecule has 1 amide bonds. The predicted octanol–water partition coefficient (Wildman–Crippen LogP) is 6.11. The van der Waals surface area contributed by atoms with Crippen molar-refractivity contribution in [2.24, 2.45) is 0 Å². The molecule has 7 heteroatoms. The Morgan fingerprint density at radius 3 is 2.53 bits per heavy atom. The molecule has 194 valence electrons. The average Bonchev–Trinajstić information content (AvgIpc) is 3.39. The molecule has 0 unspecified atom stereocenters. The van der Waals surface area contributed by atoms with Crippen LogP contribution < -0.4 is 10.6 Å². The van der Waals surface area contributed by atoms with Gasteiger partial charge in [-0.15, -0.1) is 0 Å². The van der Waals surface area contributed by atoms with Crippen LogP contribution in [0.1, 0.15) is 52.3 Å². The number of thiocarbonyl (C=S) groups is 1. The molecular weight excluding hydrogens is 490 g/mol. The van der Waals surface area contributed by atoms with Crippen molar-refractivity contribution in [2.75, 3.05) is 11.9 Å².